The van der Waals surface area contributed by atoms with Crippen molar-refractivity contribution < 1.29 is 5.11 Å². The Kier molecular flexibility index (Phi) is 4.26. The molecule has 0 radical (unpaired) electrons. The first-order chi connectivity index (χ1) is 12.6. The zero-order valence-corrected chi connectivity index (χ0v) is 14.9. The Hall–Kier alpha value is -2.99. The number of hydrogen-bond donors (Lipinski definition) is 1. The van der Waals surface area contributed by atoms with E-state index in [2.05, 4.69) is 41.0 Å². The molecule has 6 nitrogen and oxygen atoms in total. The molecule has 2 aromatic carbocycles. The van der Waals surface area contributed by atoms with Gasteiger partial charge < -0.3 is 9.67 Å². The number of aliphatic hydroxyl groups excluding tert-OH is 1. The number of benzene rings is 2. The highest BCUT2D eigenvalue weighted by Gasteiger charge is 2.12. The minimum atomic E-state index is -0.584. The van der Waals surface area contributed by atoms with Crippen LogP contribution in [0.5, 0.6) is 0 Å². The number of nitrogens with zero attached hydrogens (tertiary/aromatic N) is 5. The van der Waals surface area contributed by atoms with Crippen LogP contribution in [0.25, 0.3) is 22.4 Å². The molecule has 26 heavy (non-hydrogen) atoms. The lowest BCUT2D eigenvalue weighted by atomic mass is 10.1. The van der Waals surface area contributed by atoms with E-state index >= 15 is 0 Å². The summed E-state index contributed by atoms with van der Waals surface area (Å²) < 4.78 is 3.67. The van der Waals surface area contributed by atoms with E-state index in [0.29, 0.717) is 18.9 Å². The number of imidazole rings is 1. The Labute approximate surface area is 151 Å². The molecule has 6 heteroatoms. The first-order valence-electron chi connectivity index (χ1n) is 8.65. The molecule has 0 bridgehead atoms. The summed E-state index contributed by atoms with van der Waals surface area (Å²) in [5.41, 5.74) is 5.40. The van der Waals surface area contributed by atoms with Crippen LogP contribution in [-0.4, -0.2) is 35.5 Å². The van der Waals surface area contributed by atoms with Crippen molar-refractivity contribution in [2.24, 2.45) is 0 Å². The first-order valence-corrected chi connectivity index (χ1v) is 8.65. The van der Waals surface area contributed by atoms with Crippen molar-refractivity contribution in [3.8, 4) is 11.4 Å². The number of fused-ring (bicyclic) bond motifs is 1. The van der Waals surface area contributed by atoms with E-state index in [0.717, 1.165) is 16.6 Å². The maximum Gasteiger partial charge on any atom is 0.181 e. The smallest absolute Gasteiger partial charge is 0.181 e. The van der Waals surface area contributed by atoms with Crippen molar-refractivity contribution >= 4 is 11.0 Å². The Bertz CT molecular complexity index is 1030. The van der Waals surface area contributed by atoms with Crippen LogP contribution in [0.3, 0.4) is 0 Å². The molecule has 0 saturated carbocycles. The van der Waals surface area contributed by atoms with Gasteiger partial charge in [-0.1, -0.05) is 30.3 Å². The van der Waals surface area contributed by atoms with Crippen LogP contribution in [-0.2, 0) is 13.1 Å². The van der Waals surface area contributed by atoms with Crippen LogP contribution in [0.4, 0.5) is 0 Å². The van der Waals surface area contributed by atoms with Gasteiger partial charge in [-0.3, -0.25) is 0 Å². The third kappa shape index (κ3) is 3.23. The van der Waals surface area contributed by atoms with Crippen LogP contribution in [0, 0.1) is 13.8 Å². The summed E-state index contributed by atoms with van der Waals surface area (Å²) in [6.07, 6.45) is 2.86. The molecular formula is C20H21N5O. The molecule has 0 saturated heterocycles. The molecular weight excluding hydrogens is 326 g/mol. The molecule has 132 valence electrons. The summed E-state index contributed by atoms with van der Waals surface area (Å²) in [4.78, 5) is 8.77. The van der Waals surface area contributed by atoms with Crippen LogP contribution in [0.1, 0.15) is 11.1 Å². The maximum absolute atomic E-state index is 10.5. The normalized spacial score (nSPS) is 12.6. The number of aryl methyl sites for hydroxylation is 2. The van der Waals surface area contributed by atoms with Gasteiger partial charge in [0.15, 0.2) is 5.82 Å². The molecule has 0 amide bonds. The lowest BCUT2D eigenvalue weighted by Crippen LogP contribution is -2.22. The SMILES string of the molecule is Cc1cc2ncn(CC(O)Cn3cnc(-c4ccccc4)n3)c2cc1C. The second kappa shape index (κ2) is 6.72. The monoisotopic (exact) mass is 347 g/mol. The molecule has 2 aromatic heterocycles. The summed E-state index contributed by atoms with van der Waals surface area (Å²) in [5, 5.41) is 15.0. The highest BCUT2D eigenvalue weighted by Crippen LogP contribution is 2.19. The van der Waals surface area contributed by atoms with E-state index in [4.69, 9.17) is 0 Å². The molecule has 0 fully saturated rings. The molecule has 2 heterocycles. The number of aliphatic hydroxyl groups is 1. The molecule has 0 spiro atoms. The third-order valence-electron chi connectivity index (χ3n) is 4.61. The van der Waals surface area contributed by atoms with Gasteiger partial charge in [0.25, 0.3) is 0 Å². The summed E-state index contributed by atoms with van der Waals surface area (Å²) in [7, 11) is 0. The largest absolute Gasteiger partial charge is 0.389 e. The Morgan fingerprint density at radius 1 is 0.962 bits per heavy atom. The minimum absolute atomic E-state index is 0.379. The van der Waals surface area contributed by atoms with Crippen molar-refractivity contribution in [3.05, 3.63) is 66.2 Å². The topological polar surface area (TPSA) is 68.8 Å². The second-order valence-corrected chi connectivity index (χ2v) is 6.63. The second-order valence-electron chi connectivity index (χ2n) is 6.63. The van der Waals surface area contributed by atoms with E-state index in [1.165, 1.54) is 11.1 Å². The predicted molar refractivity (Wildman–Crippen MR) is 101 cm³/mol. The van der Waals surface area contributed by atoms with E-state index in [9.17, 15) is 5.11 Å². The number of hydrogen-bond acceptors (Lipinski definition) is 4. The van der Waals surface area contributed by atoms with E-state index in [1.54, 1.807) is 17.3 Å². The van der Waals surface area contributed by atoms with Crippen molar-refractivity contribution in [3.63, 3.8) is 0 Å². The van der Waals surface area contributed by atoms with Crippen LogP contribution < -0.4 is 0 Å². The molecule has 1 unspecified atom stereocenters. The Morgan fingerprint density at radius 2 is 1.73 bits per heavy atom. The van der Waals surface area contributed by atoms with Crippen molar-refractivity contribution in [2.75, 3.05) is 0 Å². The van der Waals surface area contributed by atoms with Gasteiger partial charge in [-0.25, -0.2) is 14.6 Å². The van der Waals surface area contributed by atoms with Gasteiger partial charge >= 0.3 is 0 Å². The summed E-state index contributed by atoms with van der Waals surface area (Å²) >= 11 is 0. The van der Waals surface area contributed by atoms with Crippen LogP contribution in [0.2, 0.25) is 0 Å². The average molecular weight is 347 g/mol. The highest BCUT2D eigenvalue weighted by molar-refractivity contribution is 5.77. The van der Waals surface area contributed by atoms with E-state index in [-0.39, 0.29) is 0 Å². The molecule has 1 N–H and O–H groups in total. The minimum Gasteiger partial charge on any atom is -0.389 e. The Balaban J connectivity index is 1.49. The van der Waals surface area contributed by atoms with Gasteiger partial charge in [0.2, 0.25) is 0 Å². The average Bonchev–Trinajstić information content (AvgIpc) is 3.24. The quantitative estimate of drug-likeness (QED) is 0.603. The predicted octanol–water partition coefficient (Wildman–Crippen LogP) is 2.97. The standard InChI is InChI=1S/C20H21N5O/c1-14-8-18-19(9-15(14)2)24(12-21-18)10-17(26)11-25-13-22-20(23-25)16-6-4-3-5-7-16/h3-9,12-13,17,26H,10-11H2,1-2H3. The number of rotatable bonds is 5. The first kappa shape index (κ1) is 16.5. The van der Waals surface area contributed by atoms with Crippen molar-refractivity contribution in [1.82, 2.24) is 24.3 Å². The van der Waals surface area contributed by atoms with E-state index < -0.39 is 6.10 Å². The van der Waals surface area contributed by atoms with Gasteiger partial charge in [-0.15, -0.1) is 0 Å². The fraction of sp³-hybridized carbons (Fsp3) is 0.250. The van der Waals surface area contributed by atoms with Gasteiger partial charge in [0.05, 0.1) is 36.6 Å². The van der Waals surface area contributed by atoms with Crippen molar-refractivity contribution in [2.45, 2.75) is 33.0 Å². The van der Waals surface area contributed by atoms with Crippen LogP contribution >= 0.6 is 0 Å². The number of aromatic nitrogens is 5. The fourth-order valence-corrected chi connectivity index (χ4v) is 3.06. The zero-order valence-electron chi connectivity index (χ0n) is 14.9. The molecule has 1 atom stereocenters. The zero-order chi connectivity index (χ0) is 18.1. The third-order valence-corrected chi connectivity index (χ3v) is 4.61. The van der Waals surface area contributed by atoms with Crippen LogP contribution in [0.15, 0.2) is 55.1 Å². The highest BCUT2D eigenvalue weighted by atomic mass is 16.3. The molecule has 0 aliphatic carbocycles. The lowest BCUT2D eigenvalue weighted by Gasteiger charge is -2.12. The van der Waals surface area contributed by atoms with Gasteiger partial charge in [-0.05, 0) is 37.1 Å². The van der Waals surface area contributed by atoms with Gasteiger partial charge in [0.1, 0.15) is 6.33 Å². The molecule has 4 rings (SSSR count). The Morgan fingerprint density at radius 3 is 2.54 bits per heavy atom. The van der Waals surface area contributed by atoms with Gasteiger partial charge in [-0.2, -0.15) is 5.10 Å². The van der Waals surface area contributed by atoms with Crippen molar-refractivity contribution in [1.29, 1.82) is 0 Å². The molecule has 0 aliphatic heterocycles. The lowest BCUT2D eigenvalue weighted by molar-refractivity contribution is 0.131. The summed E-state index contributed by atoms with van der Waals surface area (Å²) in [5.74, 6) is 0.664. The summed E-state index contributed by atoms with van der Waals surface area (Å²) in [6.45, 7) is 5.00. The molecule has 4 aromatic rings. The van der Waals surface area contributed by atoms with E-state index in [1.807, 2.05) is 34.9 Å². The summed E-state index contributed by atoms with van der Waals surface area (Å²) in [6, 6.07) is 14.0. The fourth-order valence-electron chi connectivity index (χ4n) is 3.06. The molecule has 0 aliphatic rings. The van der Waals surface area contributed by atoms with Gasteiger partial charge in [0, 0.05) is 5.56 Å². The maximum atomic E-state index is 10.5.